The van der Waals surface area contributed by atoms with E-state index in [0.29, 0.717) is 39.3 Å². The fourth-order valence-electron chi connectivity index (χ4n) is 2.31. The van der Waals surface area contributed by atoms with Crippen LogP contribution in [0.1, 0.15) is 79.1 Å². The van der Waals surface area contributed by atoms with Crippen LogP contribution in [0.15, 0.2) is 0 Å². The van der Waals surface area contributed by atoms with E-state index in [2.05, 4.69) is 0 Å². The van der Waals surface area contributed by atoms with Gasteiger partial charge in [-0.2, -0.15) is 0 Å². The lowest BCUT2D eigenvalue weighted by Crippen LogP contribution is -2.54. The van der Waals surface area contributed by atoms with Crippen LogP contribution in [0.2, 0.25) is 0 Å². The Bertz CT molecular complexity index is 397. The van der Waals surface area contributed by atoms with Crippen molar-refractivity contribution in [1.29, 1.82) is 0 Å². The van der Waals surface area contributed by atoms with E-state index >= 15 is 0 Å². The molecule has 0 aromatic rings. The first-order valence-corrected chi connectivity index (χ1v) is 10.4. The lowest BCUT2D eigenvalue weighted by molar-refractivity contribution is -0.441. The Morgan fingerprint density at radius 3 is 1.75 bits per heavy atom. The standard InChI is InChI=1S/C20H38O8/c1-5-9-15-26-20(27-16-10-6-2,19(24-7-3)25-8-4)28-18(23)14-12-11-13-17(21)22/h19H,5-16H2,1-4H3,(H,21,22). The van der Waals surface area contributed by atoms with Gasteiger partial charge in [-0.25, -0.2) is 0 Å². The molecule has 0 aliphatic carbocycles. The minimum atomic E-state index is -1.78. The zero-order valence-corrected chi connectivity index (χ0v) is 17.9. The van der Waals surface area contributed by atoms with Gasteiger partial charge in [0.05, 0.1) is 13.2 Å². The minimum absolute atomic E-state index is 0.0128. The molecule has 0 saturated heterocycles. The Balaban J connectivity index is 5.27. The van der Waals surface area contributed by atoms with E-state index < -0.39 is 24.2 Å². The molecule has 0 fully saturated rings. The zero-order chi connectivity index (χ0) is 21.3. The lowest BCUT2D eigenvalue weighted by Gasteiger charge is -2.37. The molecule has 0 aliphatic rings. The van der Waals surface area contributed by atoms with Crippen molar-refractivity contribution in [3.8, 4) is 0 Å². The van der Waals surface area contributed by atoms with Gasteiger partial charge < -0.3 is 28.8 Å². The number of rotatable bonds is 19. The third-order valence-electron chi connectivity index (χ3n) is 3.80. The predicted octanol–water partition coefficient (Wildman–Crippen LogP) is 3.86. The van der Waals surface area contributed by atoms with Gasteiger partial charge in [0.2, 0.25) is 0 Å². The van der Waals surface area contributed by atoms with Crippen LogP contribution in [0.25, 0.3) is 0 Å². The second-order valence-electron chi connectivity index (χ2n) is 6.33. The van der Waals surface area contributed by atoms with Crippen molar-refractivity contribution in [2.24, 2.45) is 0 Å². The van der Waals surface area contributed by atoms with Crippen molar-refractivity contribution in [3.05, 3.63) is 0 Å². The van der Waals surface area contributed by atoms with Crippen LogP contribution in [-0.4, -0.2) is 55.7 Å². The molecule has 0 saturated carbocycles. The van der Waals surface area contributed by atoms with E-state index in [-0.39, 0.29) is 12.8 Å². The van der Waals surface area contributed by atoms with Gasteiger partial charge in [-0.15, -0.1) is 0 Å². The van der Waals surface area contributed by atoms with Crippen LogP contribution in [0.5, 0.6) is 0 Å². The van der Waals surface area contributed by atoms with Crippen LogP contribution in [0.3, 0.4) is 0 Å². The maximum atomic E-state index is 12.4. The van der Waals surface area contributed by atoms with Crippen molar-refractivity contribution in [3.63, 3.8) is 0 Å². The van der Waals surface area contributed by atoms with Gasteiger partial charge in [0.15, 0.2) is 0 Å². The van der Waals surface area contributed by atoms with Crippen molar-refractivity contribution < 1.29 is 38.4 Å². The number of hydrogen-bond donors (Lipinski definition) is 1. The van der Waals surface area contributed by atoms with Crippen molar-refractivity contribution in [2.45, 2.75) is 91.3 Å². The zero-order valence-electron chi connectivity index (χ0n) is 17.9. The maximum absolute atomic E-state index is 12.4. The number of esters is 1. The molecule has 166 valence electrons. The fourth-order valence-corrected chi connectivity index (χ4v) is 2.31. The third-order valence-corrected chi connectivity index (χ3v) is 3.80. The molecule has 1 N–H and O–H groups in total. The number of aliphatic carboxylic acids is 1. The SMILES string of the molecule is CCCCOC(OCCCC)(OC(=O)CCCCC(=O)O)C(OCC)OCC. The van der Waals surface area contributed by atoms with Crippen LogP contribution in [-0.2, 0) is 33.3 Å². The normalized spacial score (nSPS) is 11.8. The molecule has 0 aliphatic heterocycles. The van der Waals surface area contributed by atoms with Gasteiger partial charge in [-0.3, -0.25) is 9.59 Å². The molecule has 0 amide bonds. The van der Waals surface area contributed by atoms with Crippen molar-refractivity contribution in [2.75, 3.05) is 26.4 Å². The highest BCUT2D eigenvalue weighted by molar-refractivity contribution is 5.70. The molecule has 0 heterocycles. The molecule has 0 rings (SSSR count). The summed E-state index contributed by atoms with van der Waals surface area (Å²) in [7, 11) is 0. The number of carboxylic acids is 1. The summed E-state index contributed by atoms with van der Waals surface area (Å²) >= 11 is 0. The van der Waals surface area contributed by atoms with Gasteiger partial charge in [0, 0.05) is 26.1 Å². The lowest BCUT2D eigenvalue weighted by atomic mass is 10.2. The molecule has 0 atom stereocenters. The second kappa shape index (κ2) is 16.7. The average molecular weight is 407 g/mol. The van der Waals surface area contributed by atoms with Crippen LogP contribution in [0.4, 0.5) is 0 Å². The molecule has 8 heteroatoms. The van der Waals surface area contributed by atoms with E-state index in [4.69, 9.17) is 28.8 Å². The van der Waals surface area contributed by atoms with E-state index in [9.17, 15) is 9.59 Å². The summed E-state index contributed by atoms with van der Waals surface area (Å²) in [6, 6.07) is 0. The Kier molecular flexibility index (Phi) is 16.0. The molecule has 0 unspecified atom stereocenters. The summed E-state index contributed by atoms with van der Waals surface area (Å²) in [6.45, 7) is 8.98. The summed E-state index contributed by atoms with van der Waals surface area (Å²) in [5, 5.41) is 8.71. The highest BCUT2D eigenvalue weighted by Crippen LogP contribution is 2.27. The molecule has 8 nitrogen and oxygen atoms in total. The minimum Gasteiger partial charge on any atom is -0.481 e. The van der Waals surface area contributed by atoms with Gasteiger partial charge in [-0.1, -0.05) is 26.7 Å². The Morgan fingerprint density at radius 1 is 0.821 bits per heavy atom. The highest BCUT2D eigenvalue weighted by atomic mass is 16.9. The Labute approximate surface area is 168 Å². The number of carboxylic acid groups (broad SMARTS) is 1. The van der Waals surface area contributed by atoms with Gasteiger partial charge in [-0.05, 0) is 39.5 Å². The van der Waals surface area contributed by atoms with E-state index in [1.165, 1.54) is 0 Å². The summed E-state index contributed by atoms with van der Waals surface area (Å²) in [5.41, 5.74) is 0. The predicted molar refractivity (Wildman–Crippen MR) is 104 cm³/mol. The first-order chi connectivity index (χ1) is 13.5. The van der Waals surface area contributed by atoms with Crippen molar-refractivity contribution in [1.82, 2.24) is 0 Å². The Hall–Kier alpha value is -1.22. The number of carbonyl (C=O) groups excluding carboxylic acids is 1. The van der Waals surface area contributed by atoms with E-state index in [1.807, 2.05) is 27.7 Å². The van der Waals surface area contributed by atoms with Gasteiger partial charge >= 0.3 is 17.9 Å². The summed E-state index contributed by atoms with van der Waals surface area (Å²) in [6.07, 6.45) is 3.20. The Morgan fingerprint density at radius 2 is 1.32 bits per heavy atom. The first kappa shape index (κ1) is 26.8. The molecule has 0 aromatic carbocycles. The highest BCUT2D eigenvalue weighted by Gasteiger charge is 2.48. The molecule has 0 aromatic heterocycles. The van der Waals surface area contributed by atoms with Crippen molar-refractivity contribution >= 4 is 11.9 Å². The number of ether oxygens (including phenoxy) is 5. The molecule has 0 bridgehead atoms. The van der Waals surface area contributed by atoms with Crippen LogP contribution >= 0.6 is 0 Å². The summed E-state index contributed by atoms with van der Waals surface area (Å²) in [4.78, 5) is 23.1. The quantitative estimate of drug-likeness (QED) is 0.196. The summed E-state index contributed by atoms with van der Waals surface area (Å²) in [5.74, 6) is -3.20. The monoisotopic (exact) mass is 406 g/mol. The number of hydrogen-bond acceptors (Lipinski definition) is 7. The van der Waals surface area contributed by atoms with Crippen LogP contribution < -0.4 is 0 Å². The third kappa shape index (κ3) is 11.6. The molecule has 0 radical (unpaired) electrons. The van der Waals surface area contributed by atoms with Gasteiger partial charge in [0.1, 0.15) is 0 Å². The van der Waals surface area contributed by atoms with E-state index in [0.717, 1.165) is 25.7 Å². The topological polar surface area (TPSA) is 101 Å². The molecule has 28 heavy (non-hydrogen) atoms. The van der Waals surface area contributed by atoms with E-state index in [1.54, 1.807) is 0 Å². The second-order valence-corrected chi connectivity index (χ2v) is 6.33. The maximum Gasteiger partial charge on any atom is 0.383 e. The fraction of sp³-hybridized carbons (Fsp3) is 0.900. The molecule has 0 spiro atoms. The molecular formula is C20H38O8. The summed E-state index contributed by atoms with van der Waals surface area (Å²) < 4.78 is 28.7. The molecular weight excluding hydrogens is 368 g/mol. The number of carbonyl (C=O) groups is 2. The van der Waals surface area contributed by atoms with Crippen LogP contribution in [0, 0.1) is 0 Å². The van der Waals surface area contributed by atoms with Gasteiger partial charge in [0.25, 0.3) is 6.29 Å². The smallest absolute Gasteiger partial charge is 0.383 e. The largest absolute Gasteiger partial charge is 0.481 e. The average Bonchev–Trinajstić information content (AvgIpc) is 2.65. The first-order valence-electron chi connectivity index (χ1n) is 10.4. The number of unbranched alkanes of at least 4 members (excludes halogenated alkanes) is 3.